The van der Waals surface area contributed by atoms with E-state index in [4.69, 9.17) is 23.7 Å². The molecule has 0 radical (unpaired) electrons. The van der Waals surface area contributed by atoms with Gasteiger partial charge in [0.1, 0.15) is 36.3 Å². The van der Waals surface area contributed by atoms with Crippen LogP contribution >= 0.6 is 11.8 Å². The van der Waals surface area contributed by atoms with Crippen molar-refractivity contribution >= 4 is 11.8 Å². The van der Waals surface area contributed by atoms with Gasteiger partial charge in [-0.1, -0.05) is 83.7 Å². The van der Waals surface area contributed by atoms with Crippen molar-refractivity contribution in [1.29, 1.82) is 0 Å². The molecule has 0 N–H and O–H groups in total. The summed E-state index contributed by atoms with van der Waals surface area (Å²) >= 11 is 1.85. The lowest BCUT2D eigenvalue weighted by Crippen LogP contribution is -2.58. The van der Waals surface area contributed by atoms with Crippen molar-refractivity contribution in [2.24, 2.45) is 0 Å². The second kappa shape index (κ2) is 19.2. The number of hydrogen-bond acceptors (Lipinski definition) is 6. The van der Waals surface area contributed by atoms with E-state index in [2.05, 4.69) is 52.0 Å². The first kappa shape index (κ1) is 35.4. The zero-order chi connectivity index (χ0) is 31.1. The third-order valence-electron chi connectivity index (χ3n) is 8.54. The normalized spacial score (nSPS) is 24.9. The Morgan fingerprint density at radius 1 is 0.773 bits per heavy atom. The Hall–Kier alpha value is -1.48. The molecule has 2 aromatic carbocycles. The Bertz CT molecular complexity index is 1070. The van der Waals surface area contributed by atoms with Gasteiger partial charge in [0.2, 0.25) is 0 Å². The summed E-state index contributed by atoms with van der Waals surface area (Å²) in [7, 11) is 0. The maximum atomic E-state index is 15.4. The molecule has 4 rings (SSSR count). The number of thioether (sulfide) groups is 1. The van der Waals surface area contributed by atoms with E-state index in [0.29, 0.717) is 44.7 Å². The predicted octanol–water partition coefficient (Wildman–Crippen LogP) is 8.90. The number of benzene rings is 2. The average Bonchev–Trinajstić information content (AvgIpc) is 3.44. The van der Waals surface area contributed by atoms with Gasteiger partial charge >= 0.3 is 0 Å². The molecule has 6 unspecified atom stereocenters. The highest BCUT2D eigenvalue weighted by atomic mass is 32.2. The quantitative estimate of drug-likeness (QED) is 0.136. The van der Waals surface area contributed by atoms with Crippen LogP contribution in [0.25, 0.3) is 0 Å². The van der Waals surface area contributed by atoms with Gasteiger partial charge in [0.15, 0.2) is 0 Å². The zero-order valence-corrected chi connectivity index (χ0v) is 28.3. The van der Waals surface area contributed by atoms with Gasteiger partial charge in [-0.3, -0.25) is 0 Å². The summed E-state index contributed by atoms with van der Waals surface area (Å²) in [6, 6.07) is 14.0. The van der Waals surface area contributed by atoms with Crippen molar-refractivity contribution in [3.63, 3.8) is 0 Å². The fourth-order valence-electron chi connectivity index (χ4n) is 5.97. The van der Waals surface area contributed by atoms with Gasteiger partial charge in [0, 0.05) is 36.6 Å². The largest absolute Gasteiger partial charge is 0.379 e. The third kappa shape index (κ3) is 10.0. The van der Waals surface area contributed by atoms with Crippen molar-refractivity contribution in [1.82, 2.24) is 0 Å². The van der Waals surface area contributed by atoms with Gasteiger partial charge in [0.25, 0.3) is 0 Å². The van der Waals surface area contributed by atoms with E-state index in [0.717, 1.165) is 68.9 Å². The molecule has 6 atom stereocenters. The summed E-state index contributed by atoms with van der Waals surface area (Å²) in [5.41, 5.74) is 3.01. The van der Waals surface area contributed by atoms with E-state index in [9.17, 15) is 0 Å². The highest BCUT2D eigenvalue weighted by Crippen LogP contribution is 2.41. The second-order valence-corrected chi connectivity index (χ2v) is 13.5. The minimum atomic E-state index is -0.419. The Morgan fingerprint density at radius 3 is 2.09 bits per heavy atom. The molecule has 0 bridgehead atoms. The van der Waals surface area contributed by atoms with E-state index in [-0.39, 0.29) is 30.2 Å². The number of hydrogen-bond donors (Lipinski definition) is 0. The van der Waals surface area contributed by atoms with Crippen LogP contribution in [0.3, 0.4) is 0 Å². The molecule has 0 amide bonds. The van der Waals surface area contributed by atoms with Crippen LogP contribution in [0.4, 0.5) is 4.39 Å². The topological polar surface area (TPSA) is 46.2 Å². The molecule has 0 saturated carbocycles. The van der Waals surface area contributed by atoms with Gasteiger partial charge in [-0.15, -0.1) is 11.8 Å². The molecule has 2 aliphatic rings. The van der Waals surface area contributed by atoms with Crippen molar-refractivity contribution in [2.45, 2.75) is 133 Å². The first-order valence-corrected chi connectivity index (χ1v) is 18.1. The molecule has 2 aliphatic heterocycles. The average molecular weight is 631 g/mol. The van der Waals surface area contributed by atoms with E-state index >= 15 is 4.39 Å². The Kier molecular flexibility index (Phi) is 15.5. The predicted molar refractivity (Wildman–Crippen MR) is 177 cm³/mol. The smallest absolute Gasteiger partial charge is 0.126 e. The van der Waals surface area contributed by atoms with Crippen LogP contribution in [-0.2, 0) is 36.5 Å². The molecular weight excluding hydrogens is 575 g/mol. The molecule has 0 aromatic heterocycles. The van der Waals surface area contributed by atoms with Gasteiger partial charge in [0.05, 0.1) is 6.61 Å². The lowest BCUT2D eigenvalue weighted by molar-refractivity contribution is -0.268. The molecular formula is C37H55FO5S. The van der Waals surface area contributed by atoms with Crippen molar-refractivity contribution < 1.29 is 28.1 Å². The Balaban J connectivity index is 1.63. The Morgan fingerprint density at radius 2 is 1.41 bits per heavy atom. The number of ether oxygens (including phenoxy) is 5. The number of rotatable bonds is 20. The van der Waals surface area contributed by atoms with Gasteiger partial charge in [-0.05, 0) is 67.3 Å². The molecule has 1 fully saturated rings. The summed E-state index contributed by atoms with van der Waals surface area (Å²) < 4.78 is 48.2. The van der Waals surface area contributed by atoms with E-state index in [1.54, 1.807) is 6.07 Å². The minimum Gasteiger partial charge on any atom is -0.379 e. The summed E-state index contributed by atoms with van der Waals surface area (Å²) in [4.78, 5) is 1.31. The number of halogens is 1. The lowest BCUT2D eigenvalue weighted by atomic mass is 9.89. The van der Waals surface area contributed by atoms with Crippen LogP contribution in [-0.4, -0.2) is 62.7 Å². The first-order valence-electron chi connectivity index (χ1n) is 17.2. The van der Waals surface area contributed by atoms with Crippen LogP contribution in [0.1, 0.15) is 102 Å². The molecule has 2 heterocycles. The molecule has 1 saturated heterocycles. The van der Waals surface area contributed by atoms with Gasteiger partial charge < -0.3 is 23.7 Å². The zero-order valence-electron chi connectivity index (χ0n) is 27.4. The van der Waals surface area contributed by atoms with Crippen LogP contribution in [0.2, 0.25) is 0 Å². The summed E-state index contributed by atoms with van der Waals surface area (Å²) in [5.74, 6) is -0.166. The third-order valence-corrected chi connectivity index (χ3v) is 9.86. The Labute approximate surface area is 269 Å². The van der Waals surface area contributed by atoms with Gasteiger partial charge in [-0.25, -0.2) is 4.39 Å². The molecule has 5 nitrogen and oxygen atoms in total. The maximum Gasteiger partial charge on any atom is 0.126 e. The molecule has 7 heteroatoms. The highest BCUT2D eigenvalue weighted by Gasteiger charge is 2.48. The van der Waals surface area contributed by atoms with Crippen molar-refractivity contribution in [2.75, 3.05) is 33.0 Å². The highest BCUT2D eigenvalue weighted by molar-refractivity contribution is 8.00. The molecule has 2 aromatic rings. The molecule has 0 spiro atoms. The fraction of sp³-hybridized carbons (Fsp3) is 0.676. The number of unbranched alkanes of at least 4 members (excludes halogenated alkanes) is 4. The molecule has 246 valence electrons. The monoisotopic (exact) mass is 630 g/mol. The van der Waals surface area contributed by atoms with E-state index in [1.165, 1.54) is 10.5 Å². The van der Waals surface area contributed by atoms with Crippen LogP contribution < -0.4 is 0 Å². The van der Waals surface area contributed by atoms with Crippen LogP contribution in [0.15, 0.2) is 47.4 Å². The summed E-state index contributed by atoms with van der Waals surface area (Å²) in [5, 5.41) is 0.308. The van der Waals surface area contributed by atoms with Crippen LogP contribution in [0, 0.1) is 5.82 Å². The lowest BCUT2D eigenvalue weighted by Gasteiger charge is -2.46. The fourth-order valence-corrected chi connectivity index (χ4v) is 7.31. The maximum absolute atomic E-state index is 15.4. The van der Waals surface area contributed by atoms with E-state index in [1.807, 2.05) is 23.9 Å². The number of fused-ring (bicyclic) bond motifs is 1. The van der Waals surface area contributed by atoms with E-state index < -0.39 is 6.10 Å². The summed E-state index contributed by atoms with van der Waals surface area (Å²) in [6.07, 6.45) is 7.96. The van der Waals surface area contributed by atoms with Crippen molar-refractivity contribution in [3.05, 3.63) is 65.0 Å². The SMILES string of the molecule is CCCCOCC1OC(c2ccc(F)c(CC3Cc4ccccc4S3)c2)C(OCCCC)C(OCCCC)C1OCCCC. The van der Waals surface area contributed by atoms with Crippen molar-refractivity contribution in [3.8, 4) is 0 Å². The minimum absolute atomic E-state index is 0.166. The molecule has 44 heavy (non-hydrogen) atoms. The molecule has 0 aliphatic carbocycles. The summed E-state index contributed by atoms with van der Waals surface area (Å²) in [6.45, 7) is 11.7. The first-order chi connectivity index (χ1) is 21.6. The second-order valence-electron chi connectivity index (χ2n) is 12.2. The standard InChI is InChI=1S/C37H55FO5S/c1-5-9-19-39-26-32-35(40-20-10-6-2)37(42-22-12-8-4)36(41-21-11-7-3)34(43-32)28-17-18-31(38)29(23-28)25-30-24-27-15-13-14-16-33(27)44-30/h13-18,23,30,32,34-37H,5-12,19-22,24-26H2,1-4H3. The van der Waals surface area contributed by atoms with Gasteiger partial charge in [-0.2, -0.15) is 0 Å². The van der Waals surface area contributed by atoms with Crippen LogP contribution in [0.5, 0.6) is 0 Å².